The molecule has 0 spiro atoms. The zero-order valence-electron chi connectivity index (χ0n) is 16.4. The number of aliphatic imine (C=N–C) groups is 1. The van der Waals surface area contributed by atoms with E-state index >= 15 is 0 Å². The van der Waals surface area contributed by atoms with E-state index in [1.54, 1.807) is 6.07 Å². The van der Waals surface area contributed by atoms with Crippen LogP contribution in [0.5, 0.6) is 0 Å². The molecule has 1 N–H and O–H groups in total. The highest BCUT2D eigenvalue weighted by Crippen LogP contribution is 2.32. The standard InChI is InChI=1S/C21H19FN4OS2/c1-11-8-15(13(3)26(11)17-7-5-6-16(22)10-17)9-18-19(27)24-21(29-18)25-20-23-12(2)14(4)28-20/h5-10H,1-4H3,(H,23,24,25,27)/b18-9-. The van der Waals surface area contributed by atoms with Crippen molar-refractivity contribution in [3.8, 4) is 5.69 Å². The number of nitrogens with zero attached hydrogens (tertiary/aromatic N) is 3. The lowest BCUT2D eigenvalue weighted by Crippen LogP contribution is -2.19. The average molecular weight is 427 g/mol. The van der Waals surface area contributed by atoms with Gasteiger partial charge in [0, 0.05) is 22.0 Å². The van der Waals surface area contributed by atoms with Crippen molar-refractivity contribution in [3.05, 3.63) is 68.6 Å². The van der Waals surface area contributed by atoms with E-state index in [9.17, 15) is 9.18 Å². The van der Waals surface area contributed by atoms with Gasteiger partial charge in [-0.2, -0.15) is 4.99 Å². The third-order valence-corrected chi connectivity index (χ3v) is 6.57. The lowest BCUT2D eigenvalue weighted by Gasteiger charge is -2.09. The number of carbonyl (C=O) groups is 1. The van der Waals surface area contributed by atoms with Gasteiger partial charge in [-0.1, -0.05) is 17.4 Å². The Morgan fingerprint density at radius 1 is 1.21 bits per heavy atom. The molecule has 0 aliphatic carbocycles. The van der Waals surface area contributed by atoms with Gasteiger partial charge in [-0.05, 0) is 75.4 Å². The highest BCUT2D eigenvalue weighted by molar-refractivity contribution is 8.18. The first kappa shape index (κ1) is 19.6. The molecular weight excluding hydrogens is 407 g/mol. The predicted molar refractivity (Wildman–Crippen MR) is 118 cm³/mol. The Morgan fingerprint density at radius 3 is 2.69 bits per heavy atom. The third kappa shape index (κ3) is 3.90. The molecule has 0 radical (unpaired) electrons. The van der Waals surface area contributed by atoms with Crippen molar-refractivity contribution in [3.63, 3.8) is 0 Å². The smallest absolute Gasteiger partial charge is 0.264 e. The fraction of sp³-hybridized carbons (Fsp3) is 0.190. The number of carbonyl (C=O) groups excluding carboxylic acids is 1. The van der Waals surface area contributed by atoms with Gasteiger partial charge in [0.25, 0.3) is 5.91 Å². The monoisotopic (exact) mass is 426 g/mol. The van der Waals surface area contributed by atoms with E-state index in [0.717, 1.165) is 33.2 Å². The molecule has 5 nitrogen and oxygen atoms in total. The van der Waals surface area contributed by atoms with E-state index in [1.165, 1.54) is 35.2 Å². The van der Waals surface area contributed by atoms with Gasteiger partial charge in [0.15, 0.2) is 5.17 Å². The van der Waals surface area contributed by atoms with Gasteiger partial charge in [-0.25, -0.2) is 9.37 Å². The Labute approximate surface area is 176 Å². The van der Waals surface area contributed by atoms with Crippen LogP contribution in [-0.2, 0) is 4.79 Å². The Balaban J connectivity index is 1.65. The molecule has 4 rings (SSSR count). The van der Waals surface area contributed by atoms with E-state index in [0.29, 0.717) is 15.2 Å². The van der Waals surface area contributed by atoms with E-state index < -0.39 is 0 Å². The Kier molecular flexibility index (Phi) is 5.14. The second kappa shape index (κ2) is 7.61. The zero-order valence-corrected chi connectivity index (χ0v) is 18.0. The molecule has 3 aromatic rings. The third-order valence-electron chi connectivity index (χ3n) is 4.69. The molecule has 3 heterocycles. The van der Waals surface area contributed by atoms with Gasteiger partial charge in [0.2, 0.25) is 5.13 Å². The van der Waals surface area contributed by atoms with E-state index in [1.807, 2.05) is 50.5 Å². The number of thiazole rings is 1. The lowest BCUT2D eigenvalue weighted by atomic mass is 10.2. The summed E-state index contributed by atoms with van der Waals surface area (Å²) in [5, 5.41) is 3.95. The molecule has 2 aromatic heterocycles. The van der Waals surface area contributed by atoms with Crippen LogP contribution in [0.4, 0.5) is 9.52 Å². The summed E-state index contributed by atoms with van der Waals surface area (Å²) in [7, 11) is 0. The number of aryl methyl sites for hydroxylation is 3. The summed E-state index contributed by atoms with van der Waals surface area (Å²) in [6.07, 6.45) is 1.85. The van der Waals surface area contributed by atoms with Crippen LogP contribution in [0.3, 0.4) is 0 Å². The quantitative estimate of drug-likeness (QED) is 0.586. The maximum atomic E-state index is 13.7. The minimum Gasteiger partial charge on any atom is -0.318 e. The maximum absolute atomic E-state index is 13.7. The minimum atomic E-state index is -0.283. The number of halogens is 1. The number of hydrogen-bond acceptors (Lipinski definition) is 5. The summed E-state index contributed by atoms with van der Waals surface area (Å²) in [4.78, 5) is 22.9. The van der Waals surface area contributed by atoms with Gasteiger partial charge in [0.1, 0.15) is 5.82 Å². The summed E-state index contributed by atoms with van der Waals surface area (Å²) in [6.45, 7) is 7.85. The topological polar surface area (TPSA) is 59.3 Å². The van der Waals surface area contributed by atoms with E-state index in [-0.39, 0.29) is 11.7 Å². The van der Waals surface area contributed by atoms with Gasteiger partial charge >= 0.3 is 0 Å². The molecule has 0 bridgehead atoms. The number of hydrogen-bond donors (Lipinski definition) is 1. The highest BCUT2D eigenvalue weighted by atomic mass is 32.2. The molecule has 1 aromatic carbocycles. The van der Waals surface area contributed by atoms with E-state index in [2.05, 4.69) is 15.3 Å². The largest absolute Gasteiger partial charge is 0.318 e. The predicted octanol–water partition coefficient (Wildman–Crippen LogP) is 5.20. The Bertz CT molecular complexity index is 1170. The minimum absolute atomic E-state index is 0.186. The van der Waals surface area contributed by atoms with E-state index in [4.69, 9.17) is 0 Å². The Morgan fingerprint density at radius 2 is 2.00 bits per heavy atom. The summed E-state index contributed by atoms with van der Waals surface area (Å²) in [5.74, 6) is -0.469. The van der Waals surface area contributed by atoms with Gasteiger partial charge in [-0.3, -0.25) is 4.79 Å². The van der Waals surface area contributed by atoms with Crippen LogP contribution in [-0.4, -0.2) is 20.6 Å². The molecule has 8 heteroatoms. The second-order valence-electron chi connectivity index (χ2n) is 6.76. The lowest BCUT2D eigenvalue weighted by molar-refractivity contribution is -0.115. The molecule has 1 saturated heterocycles. The van der Waals surface area contributed by atoms with Crippen LogP contribution < -0.4 is 5.32 Å². The summed E-state index contributed by atoms with van der Waals surface area (Å²) >= 11 is 2.79. The SMILES string of the molecule is Cc1nc(/N=C2\NC(=O)/C(=C/c3cc(C)n(-c4cccc(F)c4)c3C)S2)sc1C. The molecule has 148 valence electrons. The first-order valence-electron chi connectivity index (χ1n) is 9.00. The summed E-state index contributed by atoms with van der Waals surface area (Å²) < 4.78 is 15.6. The summed E-state index contributed by atoms with van der Waals surface area (Å²) in [6, 6.07) is 8.46. The molecule has 1 aliphatic heterocycles. The van der Waals surface area contributed by atoms with Gasteiger partial charge in [-0.15, -0.1) is 0 Å². The molecular formula is C21H19FN4OS2. The molecule has 0 saturated carbocycles. The normalized spacial score (nSPS) is 16.8. The fourth-order valence-electron chi connectivity index (χ4n) is 3.16. The molecule has 0 unspecified atom stereocenters. The van der Waals surface area contributed by atoms with Crippen LogP contribution in [0.25, 0.3) is 11.8 Å². The number of amidine groups is 1. The number of thioether (sulfide) groups is 1. The number of aromatic nitrogens is 2. The van der Waals surface area contributed by atoms with Crippen LogP contribution >= 0.6 is 23.1 Å². The molecule has 0 atom stereocenters. The van der Waals surface area contributed by atoms with Crippen LogP contribution in [0.15, 0.2) is 40.2 Å². The number of rotatable bonds is 3. The first-order valence-corrected chi connectivity index (χ1v) is 10.6. The van der Waals surface area contributed by atoms with Gasteiger partial charge < -0.3 is 9.88 Å². The van der Waals surface area contributed by atoms with Crippen molar-refractivity contribution < 1.29 is 9.18 Å². The highest BCUT2D eigenvalue weighted by Gasteiger charge is 2.25. The molecule has 1 amide bonds. The number of amides is 1. The molecule has 1 fully saturated rings. The zero-order chi connectivity index (χ0) is 20.7. The Hall–Kier alpha value is -2.71. The summed E-state index contributed by atoms with van der Waals surface area (Å²) in [5.41, 5.74) is 4.51. The van der Waals surface area contributed by atoms with Crippen LogP contribution in [0, 0.1) is 33.5 Å². The molecule has 29 heavy (non-hydrogen) atoms. The molecule has 1 aliphatic rings. The maximum Gasteiger partial charge on any atom is 0.264 e. The van der Waals surface area contributed by atoms with Crippen molar-refractivity contribution in [1.82, 2.24) is 14.9 Å². The second-order valence-corrected chi connectivity index (χ2v) is 8.97. The van der Waals surface area contributed by atoms with Crippen molar-refractivity contribution in [2.24, 2.45) is 4.99 Å². The van der Waals surface area contributed by atoms with Crippen LogP contribution in [0.2, 0.25) is 0 Å². The van der Waals surface area contributed by atoms with Crippen molar-refractivity contribution in [2.45, 2.75) is 27.7 Å². The first-order chi connectivity index (χ1) is 13.8. The van der Waals surface area contributed by atoms with Crippen LogP contribution in [0.1, 0.15) is 27.5 Å². The van der Waals surface area contributed by atoms with Crippen molar-refractivity contribution >= 4 is 45.4 Å². The number of benzene rings is 1. The average Bonchev–Trinajstić information content (AvgIpc) is 3.25. The fourth-order valence-corrected chi connectivity index (χ4v) is 4.82. The van der Waals surface area contributed by atoms with Gasteiger partial charge in [0.05, 0.1) is 10.6 Å². The van der Waals surface area contributed by atoms with Crippen molar-refractivity contribution in [1.29, 1.82) is 0 Å². The van der Waals surface area contributed by atoms with Crippen molar-refractivity contribution in [2.75, 3.05) is 0 Å². The number of nitrogens with one attached hydrogen (secondary N) is 1.